The summed E-state index contributed by atoms with van der Waals surface area (Å²) in [4.78, 5) is 22.8. The number of halogens is 3. The number of benzene rings is 10. The number of aromatic amines is 1. The van der Waals surface area contributed by atoms with Gasteiger partial charge in [0.2, 0.25) is 23.1 Å². The van der Waals surface area contributed by atoms with E-state index in [4.69, 9.17) is 38.2 Å². The average Bonchev–Trinajstić information content (AvgIpc) is 4.42. The van der Waals surface area contributed by atoms with Gasteiger partial charge in [-0.25, -0.2) is 19.9 Å². The zero-order valence-corrected chi connectivity index (χ0v) is 47.0. The molecule has 0 spiro atoms. The number of rotatable bonds is 3. The molecule has 0 amide bonds. The van der Waals surface area contributed by atoms with E-state index < -0.39 is 0 Å². The molecule has 82 heavy (non-hydrogen) atoms. The Balaban J connectivity index is 0.000000113. The molecule has 13 nitrogen and oxygen atoms in total. The van der Waals surface area contributed by atoms with E-state index in [-0.39, 0.29) is 0 Å². The molecule has 18 heteroatoms. The van der Waals surface area contributed by atoms with Gasteiger partial charge >= 0.3 is 24.8 Å². The fourth-order valence-corrected chi connectivity index (χ4v) is 12.0. The Morgan fingerprint density at radius 1 is 0.366 bits per heavy atom. The Morgan fingerprint density at radius 3 is 1.23 bits per heavy atom. The Labute approximate surface area is 490 Å². The summed E-state index contributed by atoms with van der Waals surface area (Å²) in [6, 6.07) is 78.3. The number of nitrogens with one attached hydrogen (secondary N) is 1. The molecule has 0 aliphatic carbocycles. The van der Waals surface area contributed by atoms with Gasteiger partial charge in [0.1, 0.15) is 0 Å². The molecule has 18 rings (SSSR count). The minimum absolute atomic E-state index is 0.706. The summed E-state index contributed by atoms with van der Waals surface area (Å²) in [6.45, 7) is 0. The molecule has 1 radical (unpaired) electrons. The van der Waals surface area contributed by atoms with Crippen molar-refractivity contribution in [2.45, 2.75) is 0 Å². The topological polar surface area (TPSA) is 112 Å². The third-order valence-electron chi connectivity index (χ3n) is 14.8. The first kappa shape index (κ1) is 49.6. The van der Waals surface area contributed by atoms with Crippen molar-refractivity contribution >= 4 is 171 Å². The molecule has 0 fully saturated rings. The second-order valence-electron chi connectivity index (χ2n) is 19.5. The van der Waals surface area contributed by atoms with E-state index in [0.717, 1.165) is 132 Å². The van der Waals surface area contributed by atoms with Crippen LogP contribution in [0.15, 0.2) is 239 Å². The van der Waals surface area contributed by atoms with Crippen LogP contribution in [0.3, 0.4) is 0 Å². The van der Waals surface area contributed by atoms with E-state index >= 15 is 0 Å². The summed E-state index contributed by atoms with van der Waals surface area (Å²) >= 11 is 19.1. The zero-order chi connectivity index (χ0) is 55.2. The summed E-state index contributed by atoms with van der Waals surface area (Å²) in [6.07, 6.45) is 0. The van der Waals surface area contributed by atoms with Gasteiger partial charge in [-0.15, -0.1) is 0 Å². The summed E-state index contributed by atoms with van der Waals surface area (Å²) in [5.41, 5.74) is 20.3. The van der Waals surface area contributed by atoms with Gasteiger partial charge in [-0.2, -0.15) is 0 Å². The Bertz CT molecular complexity index is 5450. The molecular weight excluding hydrogens is 1140 g/mol. The molecule has 8 heterocycles. The van der Waals surface area contributed by atoms with Crippen LogP contribution in [0.25, 0.3) is 128 Å². The van der Waals surface area contributed by atoms with Gasteiger partial charge in [-0.05, 0) is 158 Å². The van der Waals surface area contributed by atoms with Crippen LogP contribution in [0, 0.1) is 0 Å². The standard InChI is InChI=1S/C32H19ClN6.C19H11BrClN3.C13H9N3.BHNS/c33-20-13-15-21(16-14-20)36-29-18-17-22(19-30(29)39-26-10-4-2-8-24(26)34-31(36)39)37-27-11-5-6-12-28(27)38-25-9-3-1-7-23(25)35-32(37)38;20-12-5-10-17-18(11-12)24-16-4-2-1-3-15(16)22-19(24)23(17)14-8-6-13(21)7-9-14;1-3-7-11-9(5-1)14-13-15-10-6-2-4-8-12(10)16(11)13;1-2-3/h1-19H;1-11H;1-8H,(H,14,15);3H. The van der Waals surface area contributed by atoms with Crippen molar-refractivity contribution in [1.82, 2.24) is 56.2 Å². The van der Waals surface area contributed by atoms with Crippen molar-refractivity contribution in [3.63, 3.8) is 0 Å². The van der Waals surface area contributed by atoms with Crippen LogP contribution < -0.4 is 0 Å². The van der Waals surface area contributed by atoms with Gasteiger partial charge in [0.05, 0.1) is 94.0 Å². The predicted molar refractivity (Wildman–Crippen MR) is 342 cm³/mol. The number of H-pyrrole nitrogens is 1. The Morgan fingerprint density at radius 2 is 0.720 bits per heavy atom. The van der Waals surface area contributed by atoms with Gasteiger partial charge in [0.15, 0.2) is 0 Å². The first-order valence-electron chi connectivity index (χ1n) is 26.1. The van der Waals surface area contributed by atoms with Crippen LogP contribution in [0.5, 0.6) is 0 Å². The third kappa shape index (κ3) is 8.00. The van der Waals surface area contributed by atoms with Crippen molar-refractivity contribution < 1.29 is 0 Å². The molecule has 391 valence electrons. The minimum Gasteiger partial charge on any atom is -0.323 e. The van der Waals surface area contributed by atoms with Crippen LogP contribution in [-0.4, -0.2) is 63.9 Å². The van der Waals surface area contributed by atoms with Crippen LogP contribution in [0.1, 0.15) is 0 Å². The first-order chi connectivity index (χ1) is 40.3. The van der Waals surface area contributed by atoms with Crippen molar-refractivity contribution in [1.29, 1.82) is 0 Å². The van der Waals surface area contributed by atoms with Crippen LogP contribution in [-0.2, 0) is 0 Å². The third-order valence-corrected chi connectivity index (χ3v) is 15.8. The van der Waals surface area contributed by atoms with E-state index in [1.807, 2.05) is 109 Å². The molecule has 18 aromatic rings. The monoisotopic (exact) mass is 1180 g/mol. The fraction of sp³-hybridized carbons (Fsp3) is 0. The number of hydrogen-bond acceptors (Lipinski definition) is 6. The molecule has 0 unspecified atom stereocenters. The van der Waals surface area contributed by atoms with Crippen LogP contribution in [0.2, 0.25) is 10.0 Å². The number of nitrogens with zero attached hydrogens (tertiary/aromatic N) is 12. The zero-order valence-electron chi connectivity index (χ0n) is 43.0. The molecule has 10 aromatic carbocycles. The Kier molecular flexibility index (Phi) is 12.1. The maximum absolute atomic E-state index is 6.24. The molecule has 1 N–H and O–H groups in total. The molecule has 0 atom stereocenters. The predicted octanol–water partition coefficient (Wildman–Crippen LogP) is 16.8. The smallest absolute Gasteiger partial charge is 0.213 e. The summed E-state index contributed by atoms with van der Waals surface area (Å²) in [5.74, 6) is 3.55. The summed E-state index contributed by atoms with van der Waals surface area (Å²) < 4.78 is 19.2. The normalized spacial score (nSPS) is 11.7. The van der Waals surface area contributed by atoms with E-state index in [9.17, 15) is 0 Å². The van der Waals surface area contributed by atoms with Gasteiger partial charge in [0.25, 0.3) is 0 Å². The maximum Gasteiger partial charge on any atom is 0.213 e. The number of para-hydroxylation sites is 12. The van der Waals surface area contributed by atoms with Crippen molar-refractivity contribution in [2.24, 2.45) is 4.30 Å². The van der Waals surface area contributed by atoms with Gasteiger partial charge < -0.3 is 4.98 Å². The summed E-state index contributed by atoms with van der Waals surface area (Å²) in [5, 5.41) is 1.43. The van der Waals surface area contributed by atoms with Crippen molar-refractivity contribution in [3.8, 4) is 17.1 Å². The number of imidazole rings is 8. The van der Waals surface area contributed by atoms with Gasteiger partial charge in [0, 0.05) is 25.9 Å². The average molecular weight is 1180 g/mol. The SMILES string of the molecule is Clc1ccc(-n2c3ccc(-n4c5ccccc5n5c6ccccc6nc45)cc3n3c4ccccc4nc23)cc1.Clc1ccc(-n2c3ccc(Br)cc3n3c4ccccc4nc23)cc1.[B]=NS.c1ccc2c(c1)nc1[nH]c3ccccc3n12. The number of hydrogen-bond donors (Lipinski definition) is 2. The van der Waals surface area contributed by atoms with Crippen LogP contribution >= 0.6 is 51.9 Å². The number of fused-ring (bicyclic) bond motifs is 20. The molecule has 0 aliphatic heterocycles. The maximum atomic E-state index is 6.24. The van der Waals surface area contributed by atoms with Crippen molar-refractivity contribution in [3.05, 3.63) is 245 Å². The Hall–Kier alpha value is -9.45. The fourth-order valence-electron chi connectivity index (χ4n) is 11.4. The minimum atomic E-state index is 0.706. The van der Waals surface area contributed by atoms with E-state index in [2.05, 4.69) is 203 Å². The second-order valence-corrected chi connectivity index (χ2v) is 21.5. The first-order valence-corrected chi connectivity index (χ1v) is 28.0. The summed E-state index contributed by atoms with van der Waals surface area (Å²) in [7, 11) is 4.34. The second kappa shape index (κ2) is 20.0. The van der Waals surface area contributed by atoms with E-state index in [1.165, 1.54) is 5.52 Å². The quantitative estimate of drug-likeness (QED) is 0.136. The van der Waals surface area contributed by atoms with Crippen molar-refractivity contribution in [2.75, 3.05) is 0 Å². The number of thiol groups is 1. The molecule has 0 saturated heterocycles. The van der Waals surface area contributed by atoms with Gasteiger partial charge in [-0.1, -0.05) is 112 Å². The van der Waals surface area contributed by atoms with E-state index in [1.54, 1.807) is 0 Å². The molecule has 0 saturated carbocycles. The molecular formula is C64H40BBrCl2N13S. The van der Waals surface area contributed by atoms with Crippen LogP contribution in [0.4, 0.5) is 0 Å². The number of aromatic nitrogens is 12. The largest absolute Gasteiger partial charge is 0.323 e. The molecule has 0 aliphatic rings. The van der Waals surface area contributed by atoms with E-state index in [0.29, 0.717) is 5.02 Å². The molecule has 8 aromatic heterocycles. The van der Waals surface area contributed by atoms with Gasteiger partial charge in [-0.3, -0.25) is 31.3 Å². The molecule has 0 bridgehead atoms.